The van der Waals surface area contributed by atoms with Gasteiger partial charge in [-0.15, -0.1) is 0 Å². The Morgan fingerprint density at radius 3 is 2.58 bits per heavy atom. The lowest BCUT2D eigenvalue weighted by molar-refractivity contribution is 0.415. The van der Waals surface area contributed by atoms with Gasteiger partial charge in [0.25, 0.3) is 0 Å². The van der Waals surface area contributed by atoms with Crippen LogP contribution in [0.3, 0.4) is 0 Å². The van der Waals surface area contributed by atoms with Crippen molar-refractivity contribution in [1.29, 1.82) is 0 Å². The molecule has 0 fully saturated rings. The van der Waals surface area contributed by atoms with Crippen molar-refractivity contribution in [1.82, 2.24) is 0 Å². The quantitative estimate of drug-likeness (QED) is 0.863. The summed E-state index contributed by atoms with van der Waals surface area (Å²) in [6.45, 7) is 3.02. The van der Waals surface area contributed by atoms with Crippen LogP contribution in [0, 0.1) is 0 Å². The van der Waals surface area contributed by atoms with Gasteiger partial charge in [0.05, 0.1) is 17.8 Å². The molecular formula is C16H18ClNO. The molecule has 1 atom stereocenters. The average Bonchev–Trinajstić information content (AvgIpc) is 2.47. The highest BCUT2D eigenvalue weighted by atomic mass is 35.5. The molecule has 0 aliphatic carbocycles. The zero-order valence-corrected chi connectivity index (χ0v) is 11.9. The predicted octanol–water partition coefficient (Wildman–Crippen LogP) is 4.56. The van der Waals surface area contributed by atoms with Crippen LogP contribution >= 0.6 is 11.6 Å². The van der Waals surface area contributed by atoms with Crippen molar-refractivity contribution < 1.29 is 4.74 Å². The van der Waals surface area contributed by atoms with Crippen molar-refractivity contribution in [2.75, 3.05) is 19.0 Å². The molecule has 0 heterocycles. The van der Waals surface area contributed by atoms with Crippen molar-refractivity contribution in [3.8, 4) is 5.75 Å². The van der Waals surface area contributed by atoms with Crippen molar-refractivity contribution in [2.45, 2.75) is 12.8 Å². The largest absolute Gasteiger partial charge is 0.497 e. The Bertz CT molecular complexity index is 528. The van der Waals surface area contributed by atoms with Crippen LogP contribution in [0.4, 0.5) is 5.69 Å². The Balaban J connectivity index is 2.02. The fourth-order valence-corrected chi connectivity index (χ4v) is 2.11. The predicted molar refractivity (Wildman–Crippen MR) is 81.4 cm³/mol. The maximum absolute atomic E-state index is 6.16. The number of halogens is 1. The molecule has 0 aliphatic heterocycles. The zero-order valence-electron chi connectivity index (χ0n) is 11.2. The monoisotopic (exact) mass is 275 g/mol. The van der Waals surface area contributed by atoms with E-state index in [0.717, 1.165) is 18.0 Å². The second-order valence-corrected chi connectivity index (χ2v) is 4.95. The van der Waals surface area contributed by atoms with Crippen molar-refractivity contribution in [2.24, 2.45) is 0 Å². The standard InChI is InChI=1S/C16H18ClNO/c1-12(13-6-4-3-5-7-13)11-18-16-10-14(19-2)8-9-15(16)17/h3-10,12,18H,11H2,1-2H3. The van der Waals surface area contributed by atoms with E-state index < -0.39 is 0 Å². The lowest BCUT2D eigenvalue weighted by Crippen LogP contribution is -2.10. The highest BCUT2D eigenvalue weighted by Gasteiger charge is 2.07. The van der Waals surface area contributed by atoms with Gasteiger partial charge in [-0.3, -0.25) is 0 Å². The first kappa shape index (κ1) is 13.8. The average molecular weight is 276 g/mol. The summed E-state index contributed by atoms with van der Waals surface area (Å²) in [7, 11) is 1.65. The number of nitrogens with one attached hydrogen (secondary N) is 1. The molecule has 3 heteroatoms. The van der Waals surface area contributed by atoms with E-state index in [2.05, 4.69) is 36.5 Å². The minimum atomic E-state index is 0.420. The summed E-state index contributed by atoms with van der Waals surface area (Å²) in [5.41, 5.74) is 2.22. The topological polar surface area (TPSA) is 21.3 Å². The third-order valence-electron chi connectivity index (χ3n) is 3.14. The molecule has 1 unspecified atom stereocenters. The van der Waals surface area contributed by atoms with E-state index in [0.29, 0.717) is 10.9 Å². The van der Waals surface area contributed by atoms with Crippen LogP contribution in [0.15, 0.2) is 48.5 Å². The zero-order chi connectivity index (χ0) is 13.7. The molecule has 2 nitrogen and oxygen atoms in total. The van der Waals surface area contributed by atoms with Crippen molar-refractivity contribution in [3.63, 3.8) is 0 Å². The van der Waals surface area contributed by atoms with Gasteiger partial charge in [0.15, 0.2) is 0 Å². The van der Waals surface area contributed by atoms with Gasteiger partial charge in [0, 0.05) is 12.6 Å². The van der Waals surface area contributed by atoms with Gasteiger partial charge in [-0.1, -0.05) is 48.9 Å². The summed E-state index contributed by atoms with van der Waals surface area (Å²) in [6.07, 6.45) is 0. The molecule has 0 spiro atoms. The molecule has 2 rings (SSSR count). The van der Waals surface area contributed by atoms with Gasteiger partial charge in [0.1, 0.15) is 5.75 Å². The first-order chi connectivity index (χ1) is 9.20. The fraction of sp³-hybridized carbons (Fsp3) is 0.250. The van der Waals surface area contributed by atoms with Gasteiger partial charge < -0.3 is 10.1 Å². The number of rotatable bonds is 5. The Hall–Kier alpha value is -1.67. The van der Waals surface area contributed by atoms with Gasteiger partial charge in [0.2, 0.25) is 0 Å². The van der Waals surface area contributed by atoms with Crippen LogP contribution in [0.2, 0.25) is 5.02 Å². The normalized spacial score (nSPS) is 11.9. The van der Waals surface area contributed by atoms with Gasteiger partial charge >= 0.3 is 0 Å². The molecule has 2 aromatic carbocycles. The molecule has 0 aliphatic rings. The van der Waals surface area contributed by atoms with Crippen LogP contribution in [0.25, 0.3) is 0 Å². The summed E-state index contributed by atoms with van der Waals surface area (Å²) < 4.78 is 5.20. The first-order valence-electron chi connectivity index (χ1n) is 6.33. The maximum Gasteiger partial charge on any atom is 0.121 e. The Labute approximate surface area is 119 Å². The van der Waals surface area contributed by atoms with E-state index in [1.54, 1.807) is 7.11 Å². The SMILES string of the molecule is COc1ccc(Cl)c(NCC(C)c2ccccc2)c1. The van der Waals surface area contributed by atoms with Crippen molar-refractivity contribution in [3.05, 3.63) is 59.1 Å². The van der Waals surface area contributed by atoms with E-state index in [9.17, 15) is 0 Å². The summed E-state index contributed by atoms with van der Waals surface area (Å²) in [5.74, 6) is 1.22. The molecule has 1 N–H and O–H groups in total. The van der Waals surface area contributed by atoms with Crippen molar-refractivity contribution >= 4 is 17.3 Å². The van der Waals surface area contributed by atoms with Gasteiger partial charge in [-0.2, -0.15) is 0 Å². The Morgan fingerprint density at radius 2 is 1.89 bits per heavy atom. The number of methoxy groups -OCH3 is 1. The number of hydrogen-bond donors (Lipinski definition) is 1. The van der Waals surface area contributed by atoms with Crippen LogP contribution in [-0.4, -0.2) is 13.7 Å². The molecule has 0 bridgehead atoms. The van der Waals surface area contributed by atoms with Crippen LogP contribution in [0.1, 0.15) is 18.4 Å². The van der Waals surface area contributed by atoms with E-state index in [1.165, 1.54) is 5.56 Å². The smallest absolute Gasteiger partial charge is 0.121 e. The third kappa shape index (κ3) is 3.65. The summed E-state index contributed by atoms with van der Waals surface area (Å²) in [6, 6.07) is 16.0. The molecule has 0 saturated heterocycles. The highest BCUT2D eigenvalue weighted by molar-refractivity contribution is 6.33. The third-order valence-corrected chi connectivity index (χ3v) is 3.47. The minimum Gasteiger partial charge on any atom is -0.497 e. The van der Waals surface area contributed by atoms with Crippen LogP contribution in [-0.2, 0) is 0 Å². The number of benzene rings is 2. The number of hydrogen-bond acceptors (Lipinski definition) is 2. The molecule has 0 saturated carbocycles. The lowest BCUT2D eigenvalue weighted by atomic mass is 10.0. The molecule has 19 heavy (non-hydrogen) atoms. The molecular weight excluding hydrogens is 258 g/mol. The second kappa shape index (κ2) is 6.48. The lowest BCUT2D eigenvalue weighted by Gasteiger charge is -2.15. The van der Waals surface area contributed by atoms with Crippen LogP contribution < -0.4 is 10.1 Å². The summed E-state index contributed by atoms with van der Waals surface area (Å²) in [4.78, 5) is 0. The molecule has 2 aromatic rings. The van der Waals surface area contributed by atoms with E-state index in [4.69, 9.17) is 16.3 Å². The van der Waals surface area contributed by atoms with Gasteiger partial charge in [-0.25, -0.2) is 0 Å². The number of ether oxygens (including phenoxy) is 1. The summed E-state index contributed by atoms with van der Waals surface area (Å²) in [5, 5.41) is 4.08. The molecule has 0 aromatic heterocycles. The summed E-state index contributed by atoms with van der Waals surface area (Å²) >= 11 is 6.16. The van der Waals surface area contributed by atoms with E-state index >= 15 is 0 Å². The fourth-order valence-electron chi connectivity index (χ4n) is 1.93. The maximum atomic E-state index is 6.16. The van der Waals surface area contributed by atoms with E-state index in [-0.39, 0.29) is 0 Å². The Morgan fingerprint density at radius 1 is 1.16 bits per heavy atom. The minimum absolute atomic E-state index is 0.420. The second-order valence-electron chi connectivity index (χ2n) is 4.54. The molecule has 0 amide bonds. The first-order valence-corrected chi connectivity index (χ1v) is 6.71. The highest BCUT2D eigenvalue weighted by Crippen LogP contribution is 2.27. The van der Waals surface area contributed by atoms with E-state index in [1.807, 2.05) is 24.3 Å². The van der Waals surface area contributed by atoms with Crippen LogP contribution in [0.5, 0.6) is 5.75 Å². The molecule has 100 valence electrons. The number of anilines is 1. The molecule has 0 radical (unpaired) electrons. The Kier molecular flexibility index (Phi) is 4.69. The van der Waals surface area contributed by atoms with Gasteiger partial charge in [-0.05, 0) is 23.6 Å².